The van der Waals surface area contributed by atoms with E-state index in [0.29, 0.717) is 11.5 Å². The van der Waals surface area contributed by atoms with Crippen LogP contribution >= 0.6 is 11.6 Å². The topological polar surface area (TPSA) is 60.7 Å². The van der Waals surface area contributed by atoms with Gasteiger partial charge >= 0.3 is 0 Å². The van der Waals surface area contributed by atoms with E-state index in [-0.39, 0.29) is 5.75 Å². The molecule has 0 saturated carbocycles. The zero-order valence-corrected chi connectivity index (χ0v) is 19.4. The fraction of sp³-hybridized carbons (Fsp3) is 0.259. The van der Waals surface area contributed by atoms with Crippen LogP contribution < -0.4 is 0 Å². The van der Waals surface area contributed by atoms with Gasteiger partial charge in [-0.1, -0.05) is 0 Å². The third kappa shape index (κ3) is 3.19. The third-order valence-electron chi connectivity index (χ3n) is 6.32. The molecule has 160 valence electrons. The van der Waals surface area contributed by atoms with E-state index in [4.69, 9.17) is 11.6 Å². The van der Waals surface area contributed by atoms with Gasteiger partial charge in [-0.3, -0.25) is 0 Å². The van der Waals surface area contributed by atoms with Crippen LogP contribution in [0, 0.1) is 41.5 Å². The summed E-state index contributed by atoms with van der Waals surface area (Å²) in [6, 6.07) is 11.7. The summed E-state index contributed by atoms with van der Waals surface area (Å²) in [4.78, 5) is -0.852. The molecule has 1 aliphatic rings. The number of benzene rings is 3. The molecule has 4 rings (SSSR count). The van der Waals surface area contributed by atoms with Crippen LogP contribution in [-0.2, 0) is 4.87 Å². The Morgan fingerprint density at radius 1 is 0.516 bits per heavy atom. The maximum Gasteiger partial charge on any atom is 0.121 e. The Balaban J connectivity index is 1.98. The predicted octanol–water partition coefficient (Wildman–Crippen LogP) is 6.71. The lowest BCUT2D eigenvalue weighted by Crippen LogP contribution is -2.06. The summed E-state index contributed by atoms with van der Waals surface area (Å²) in [6.45, 7) is 11.3. The lowest BCUT2D eigenvalue weighted by molar-refractivity contribution is 0.466. The minimum Gasteiger partial charge on any atom is -0.507 e. The van der Waals surface area contributed by atoms with E-state index in [1.54, 1.807) is 0 Å². The first-order valence-corrected chi connectivity index (χ1v) is 10.7. The van der Waals surface area contributed by atoms with Crippen molar-refractivity contribution < 1.29 is 15.3 Å². The fourth-order valence-corrected chi connectivity index (χ4v) is 5.06. The van der Waals surface area contributed by atoms with E-state index in [1.165, 1.54) is 0 Å². The molecule has 0 atom stereocenters. The third-order valence-corrected chi connectivity index (χ3v) is 6.92. The highest BCUT2D eigenvalue weighted by molar-refractivity contribution is 6.48. The summed E-state index contributed by atoms with van der Waals surface area (Å²) >= 11 is 7.38. The van der Waals surface area contributed by atoms with E-state index in [9.17, 15) is 15.3 Å². The molecule has 0 amide bonds. The number of aryl methyl sites for hydroxylation is 6. The number of alkyl halides is 1. The summed E-state index contributed by atoms with van der Waals surface area (Å²) < 4.78 is 0. The molecule has 0 radical (unpaired) electrons. The SMILES string of the molecule is Cc1cc(C2=C(c3cc(C)c(O)c(C)c3)C2(Cl)c2cc(C)c(O)c(C)c2)cc(C)c1O. The molecule has 0 aliphatic heterocycles. The molecule has 0 spiro atoms. The van der Waals surface area contributed by atoms with Crippen molar-refractivity contribution in [2.24, 2.45) is 0 Å². The molecule has 0 bridgehead atoms. The van der Waals surface area contributed by atoms with Crippen molar-refractivity contribution in [1.29, 1.82) is 0 Å². The molecule has 3 aromatic rings. The Bertz CT molecular complexity index is 1150. The van der Waals surface area contributed by atoms with Crippen molar-refractivity contribution in [3.05, 3.63) is 86.5 Å². The predicted molar refractivity (Wildman–Crippen MR) is 127 cm³/mol. The number of aromatic hydroxyl groups is 3. The zero-order valence-electron chi connectivity index (χ0n) is 18.7. The van der Waals surface area contributed by atoms with Gasteiger partial charge in [-0.25, -0.2) is 0 Å². The van der Waals surface area contributed by atoms with Crippen molar-refractivity contribution in [3.8, 4) is 17.2 Å². The maximum atomic E-state index is 10.3. The van der Waals surface area contributed by atoms with Crippen molar-refractivity contribution >= 4 is 22.7 Å². The second-order valence-electron chi connectivity index (χ2n) is 8.78. The van der Waals surface area contributed by atoms with Crippen molar-refractivity contribution in [1.82, 2.24) is 0 Å². The summed E-state index contributed by atoms with van der Waals surface area (Å²) in [5.41, 5.74) is 9.52. The Morgan fingerprint density at radius 3 is 1.06 bits per heavy atom. The normalized spacial score (nSPS) is 14.8. The van der Waals surface area contributed by atoms with E-state index in [2.05, 4.69) is 0 Å². The first-order chi connectivity index (χ1) is 14.5. The highest BCUT2D eigenvalue weighted by Crippen LogP contribution is 2.68. The Kier molecular flexibility index (Phi) is 4.86. The number of halogens is 1. The van der Waals surface area contributed by atoms with Crippen LogP contribution in [0.4, 0.5) is 0 Å². The summed E-state index contributed by atoms with van der Waals surface area (Å²) in [7, 11) is 0. The van der Waals surface area contributed by atoms with Gasteiger partial charge in [0, 0.05) is 0 Å². The molecule has 0 fully saturated rings. The molecular weight excluding hydrogens is 408 g/mol. The van der Waals surface area contributed by atoms with Gasteiger partial charge in [0.2, 0.25) is 0 Å². The van der Waals surface area contributed by atoms with Crippen LogP contribution in [0.3, 0.4) is 0 Å². The minimum atomic E-state index is -0.852. The van der Waals surface area contributed by atoms with Gasteiger partial charge in [-0.05, 0) is 139 Å². The van der Waals surface area contributed by atoms with Gasteiger partial charge in [-0.15, -0.1) is 11.6 Å². The Labute approximate surface area is 188 Å². The van der Waals surface area contributed by atoms with Crippen molar-refractivity contribution in [3.63, 3.8) is 0 Å². The zero-order chi connectivity index (χ0) is 22.8. The smallest absolute Gasteiger partial charge is 0.121 e. The van der Waals surface area contributed by atoms with Gasteiger partial charge in [0.25, 0.3) is 0 Å². The van der Waals surface area contributed by atoms with Gasteiger partial charge in [0.1, 0.15) is 22.1 Å². The lowest BCUT2D eigenvalue weighted by Gasteiger charge is -2.17. The average Bonchev–Trinajstić information content (AvgIpc) is 3.34. The van der Waals surface area contributed by atoms with Gasteiger partial charge in [-0.2, -0.15) is 0 Å². The van der Waals surface area contributed by atoms with Crippen LogP contribution in [0.1, 0.15) is 50.1 Å². The van der Waals surface area contributed by atoms with Crippen LogP contribution in [0.15, 0.2) is 36.4 Å². The highest BCUT2D eigenvalue weighted by atomic mass is 35.5. The maximum absolute atomic E-state index is 10.3. The highest BCUT2D eigenvalue weighted by Gasteiger charge is 2.55. The van der Waals surface area contributed by atoms with Crippen LogP contribution in [0.2, 0.25) is 0 Å². The molecule has 31 heavy (non-hydrogen) atoms. The lowest BCUT2D eigenvalue weighted by atomic mass is 9.94. The number of phenolic OH excluding ortho intramolecular Hbond substituents is 3. The molecule has 3 N–H and O–H groups in total. The molecule has 3 aromatic carbocycles. The van der Waals surface area contributed by atoms with E-state index < -0.39 is 4.87 Å². The molecule has 0 saturated heterocycles. The first kappa shape index (κ1) is 21.3. The molecule has 1 aliphatic carbocycles. The largest absolute Gasteiger partial charge is 0.507 e. The second-order valence-corrected chi connectivity index (χ2v) is 9.35. The van der Waals surface area contributed by atoms with Crippen LogP contribution in [0.5, 0.6) is 17.2 Å². The number of rotatable bonds is 3. The quantitative estimate of drug-likeness (QED) is 0.401. The van der Waals surface area contributed by atoms with Crippen molar-refractivity contribution in [2.75, 3.05) is 0 Å². The number of hydrogen-bond donors (Lipinski definition) is 3. The monoisotopic (exact) mass is 434 g/mol. The Morgan fingerprint density at radius 2 is 0.774 bits per heavy atom. The summed E-state index contributed by atoms with van der Waals surface area (Å²) in [5, 5.41) is 30.8. The molecule has 0 unspecified atom stereocenters. The van der Waals surface area contributed by atoms with Gasteiger partial charge in [0.05, 0.1) is 0 Å². The Hall–Kier alpha value is -2.91. The number of allylic oxidation sites excluding steroid dienone is 2. The molecular formula is C27H27ClO3. The fourth-order valence-electron chi connectivity index (χ4n) is 4.59. The molecule has 0 aromatic heterocycles. The average molecular weight is 435 g/mol. The van der Waals surface area contributed by atoms with Gasteiger partial charge in [0.15, 0.2) is 0 Å². The molecule has 0 heterocycles. The first-order valence-electron chi connectivity index (χ1n) is 10.3. The second kappa shape index (κ2) is 7.06. The number of phenols is 3. The minimum absolute atomic E-state index is 0.278. The molecule has 3 nitrogen and oxygen atoms in total. The van der Waals surface area contributed by atoms with E-state index >= 15 is 0 Å². The standard InChI is InChI=1S/C27H27ClO3/c1-13-7-19(8-14(2)24(13)29)22-23(20-9-15(3)25(30)16(4)10-20)27(22,28)21-11-17(5)26(31)18(6)12-21/h7-12,29-31H,1-6H3. The van der Waals surface area contributed by atoms with Gasteiger partial charge < -0.3 is 15.3 Å². The molecule has 4 heteroatoms. The van der Waals surface area contributed by atoms with E-state index in [1.807, 2.05) is 77.9 Å². The van der Waals surface area contributed by atoms with E-state index in [0.717, 1.165) is 61.2 Å². The summed E-state index contributed by atoms with van der Waals surface area (Å²) in [5.74, 6) is 0.860. The van der Waals surface area contributed by atoms with Crippen molar-refractivity contribution in [2.45, 2.75) is 46.4 Å². The summed E-state index contributed by atoms with van der Waals surface area (Å²) in [6.07, 6.45) is 0. The van der Waals surface area contributed by atoms with Crippen LogP contribution in [0.25, 0.3) is 11.1 Å². The van der Waals surface area contributed by atoms with Crippen LogP contribution in [-0.4, -0.2) is 15.3 Å². The number of hydrogen-bond acceptors (Lipinski definition) is 3.